The van der Waals surface area contributed by atoms with Gasteiger partial charge in [-0.2, -0.15) is 0 Å². The molecule has 3 aromatic carbocycles. The summed E-state index contributed by atoms with van der Waals surface area (Å²) in [6.07, 6.45) is 0. The number of oxazole rings is 1. The van der Waals surface area contributed by atoms with E-state index in [4.69, 9.17) is 32.4 Å². The molecule has 0 spiro atoms. The van der Waals surface area contributed by atoms with Gasteiger partial charge in [-0.15, -0.1) is 0 Å². The number of ether oxygens (including phenoxy) is 1. The number of hydrogen-bond acceptors (Lipinski definition) is 4. The van der Waals surface area contributed by atoms with Crippen molar-refractivity contribution in [3.05, 3.63) is 76.3 Å². The van der Waals surface area contributed by atoms with E-state index in [0.29, 0.717) is 44.0 Å². The fourth-order valence-electron chi connectivity index (χ4n) is 2.83. The zero-order chi connectivity index (χ0) is 20.4. The summed E-state index contributed by atoms with van der Waals surface area (Å²) in [5.74, 6) is 0.737. The van der Waals surface area contributed by atoms with E-state index in [0.717, 1.165) is 5.56 Å². The van der Waals surface area contributed by atoms with Gasteiger partial charge in [0, 0.05) is 10.7 Å². The van der Waals surface area contributed by atoms with E-state index in [-0.39, 0.29) is 12.5 Å². The van der Waals surface area contributed by atoms with Crippen molar-refractivity contribution in [3.63, 3.8) is 0 Å². The molecule has 7 heteroatoms. The summed E-state index contributed by atoms with van der Waals surface area (Å²) in [5.41, 5.74) is 3.42. The Balaban J connectivity index is 1.48. The summed E-state index contributed by atoms with van der Waals surface area (Å²) >= 11 is 12.3. The molecule has 0 radical (unpaired) electrons. The lowest BCUT2D eigenvalue weighted by Gasteiger charge is -2.08. The number of benzene rings is 3. The second kappa shape index (κ2) is 8.15. The number of fused-ring (bicyclic) bond motifs is 1. The van der Waals surface area contributed by atoms with E-state index < -0.39 is 0 Å². The van der Waals surface area contributed by atoms with Crippen LogP contribution in [0.2, 0.25) is 10.0 Å². The Labute approximate surface area is 177 Å². The Morgan fingerprint density at radius 1 is 1.10 bits per heavy atom. The first kappa shape index (κ1) is 19.3. The van der Waals surface area contributed by atoms with Crippen molar-refractivity contribution >= 4 is 45.9 Å². The van der Waals surface area contributed by atoms with E-state index in [9.17, 15) is 4.79 Å². The van der Waals surface area contributed by atoms with Crippen LogP contribution in [0, 0.1) is 6.92 Å². The quantitative estimate of drug-likeness (QED) is 0.416. The number of rotatable bonds is 5. The van der Waals surface area contributed by atoms with Crippen LogP contribution in [0.15, 0.2) is 65.1 Å². The molecule has 0 aliphatic rings. The maximum absolute atomic E-state index is 12.2. The minimum absolute atomic E-state index is 0.0936. The number of carbonyl (C=O) groups is 1. The molecule has 0 bridgehead atoms. The van der Waals surface area contributed by atoms with Gasteiger partial charge >= 0.3 is 0 Å². The third-order valence-electron chi connectivity index (χ3n) is 4.19. The number of aryl methyl sites for hydroxylation is 1. The number of carbonyl (C=O) groups excluding carboxylic acids is 1. The van der Waals surface area contributed by atoms with Crippen molar-refractivity contribution in [2.24, 2.45) is 0 Å². The first-order valence-corrected chi connectivity index (χ1v) is 9.59. The Kier molecular flexibility index (Phi) is 5.43. The van der Waals surface area contributed by atoms with Crippen molar-refractivity contribution in [1.29, 1.82) is 0 Å². The Hall–Kier alpha value is -3.02. The summed E-state index contributed by atoms with van der Waals surface area (Å²) < 4.78 is 11.3. The normalized spacial score (nSPS) is 10.9. The fraction of sp³-hybridized carbons (Fsp3) is 0.0909. The number of halogens is 2. The number of amides is 1. The summed E-state index contributed by atoms with van der Waals surface area (Å²) in [5, 5.41) is 3.82. The molecule has 4 aromatic rings. The lowest BCUT2D eigenvalue weighted by Crippen LogP contribution is -2.20. The van der Waals surface area contributed by atoms with Gasteiger partial charge in [0.2, 0.25) is 5.89 Å². The van der Waals surface area contributed by atoms with Gasteiger partial charge in [-0.05, 0) is 61.0 Å². The highest BCUT2D eigenvalue weighted by Crippen LogP contribution is 2.32. The zero-order valence-electron chi connectivity index (χ0n) is 15.4. The van der Waals surface area contributed by atoms with Gasteiger partial charge in [0.1, 0.15) is 11.3 Å². The second-order valence-electron chi connectivity index (χ2n) is 6.48. The highest BCUT2D eigenvalue weighted by atomic mass is 35.5. The van der Waals surface area contributed by atoms with Gasteiger partial charge in [-0.1, -0.05) is 35.3 Å². The molecule has 0 aliphatic heterocycles. The molecule has 146 valence electrons. The van der Waals surface area contributed by atoms with E-state index in [1.54, 1.807) is 36.4 Å². The number of hydrogen-bond donors (Lipinski definition) is 1. The summed E-state index contributed by atoms with van der Waals surface area (Å²) in [4.78, 5) is 16.7. The average Bonchev–Trinajstić information content (AvgIpc) is 3.11. The largest absolute Gasteiger partial charge is 0.484 e. The first-order valence-electron chi connectivity index (χ1n) is 8.83. The standard InChI is InChI=1S/C22H16Cl2N2O3/c1-13-3-2-4-16(9-13)28-12-21(27)25-15-6-8-20-19(11-15)26-22(29-20)17-10-14(23)5-7-18(17)24/h2-11H,12H2,1H3,(H,25,27). The molecule has 0 unspecified atom stereocenters. The molecule has 1 heterocycles. The molecule has 1 amide bonds. The molecule has 0 aliphatic carbocycles. The zero-order valence-corrected chi connectivity index (χ0v) is 16.9. The first-order chi connectivity index (χ1) is 14.0. The molecule has 0 fully saturated rings. The predicted octanol–water partition coefficient (Wildman–Crippen LogP) is 6.13. The molecule has 1 N–H and O–H groups in total. The molecule has 0 saturated heterocycles. The van der Waals surface area contributed by atoms with Crippen molar-refractivity contribution < 1.29 is 13.9 Å². The Morgan fingerprint density at radius 2 is 1.97 bits per heavy atom. The van der Waals surface area contributed by atoms with Crippen LogP contribution in [-0.2, 0) is 4.79 Å². The van der Waals surface area contributed by atoms with E-state index in [2.05, 4.69) is 10.3 Å². The van der Waals surface area contributed by atoms with Gasteiger partial charge in [-0.25, -0.2) is 4.98 Å². The van der Waals surface area contributed by atoms with Gasteiger partial charge in [0.25, 0.3) is 5.91 Å². The van der Waals surface area contributed by atoms with E-state index >= 15 is 0 Å². The number of nitrogens with zero attached hydrogens (tertiary/aromatic N) is 1. The maximum Gasteiger partial charge on any atom is 0.262 e. The minimum Gasteiger partial charge on any atom is -0.484 e. The van der Waals surface area contributed by atoms with Crippen LogP contribution in [-0.4, -0.2) is 17.5 Å². The lowest BCUT2D eigenvalue weighted by atomic mass is 10.2. The van der Waals surface area contributed by atoms with Crippen molar-refractivity contribution in [2.75, 3.05) is 11.9 Å². The molecule has 5 nitrogen and oxygen atoms in total. The molecule has 0 saturated carbocycles. The van der Waals surface area contributed by atoms with E-state index in [1.807, 2.05) is 31.2 Å². The minimum atomic E-state index is -0.271. The van der Waals surface area contributed by atoms with Crippen LogP contribution in [0.1, 0.15) is 5.56 Å². The molecule has 29 heavy (non-hydrogen) atoms. The third-order valence-corrected chi connectivity index (χ3v) is 4.75. The molecule has 1 aromatic heterocycles. The van der Waals surface area contributed by atoms with Gasteiger partial charge in [-0.3, -0.25) is 4.79 Å². The van der Waals surface area contributed by atoms with Crippen LogP contribution in [0.4, 0.5) is 5.69 Å². The molecule has 4 rings (SSSR count). The van der Waals surface area contributed by atoms with Crippen LogP contribution < -0.4 is 10.1 Å². The van der Waals surface area contributed by atoms with Crippen LogP contribution in [0.5, 0.6) is 5.75 Å². The fourth-order valence-corrected chi connectivity index (χ4v) is 3.20. The van der Waals surface area contributed by atoms with Crippen molar-refractivity contribution in [2.45, 2.75) is 6.92 Å². The van der Waals surface area contributed by atoms with Crippen LogP contribution in [0.25, 0.3) is 22.6 Å². The summed E-state index contributed by atoms with van der Waals surface area (Å²) in [6, 6.07) is 17.8. The monoisotopic (exact) mass is 426 g/mol. The number of anilines is 1. The lowest BCUT2D eigenvalue weighted by molar-refractivity contribution is -0.118. The maximum atomic E-state index is 12.2. The van der Waals surface area contributed by atoms with E-state index in [1.165, 1.54) is 0 Å². The highest BCUT2D eigenvalue weighted by molar-refractivity contribution is 6.35. The smallest absolute Gasteiger partial charge is 0.262 e. The Bertz CT molecular complexity index is 1200. The third kappa shape index (κ3) is 4.53. The molecular formula is C22H16Cl2N2O3. The topological polar surface area (TPSA) is 64.4 Å². The van der Waals surface area contributed by atoms with Gasteiger partial charge in [0.05, 0.1) is 10.6 Å². The van der Waals surface area contributed by atoms with Crippen LogP contribution >= 0.6 is 23.2 Å². The molecular weight excluding hydrogens is 411 g/mol. The second-order valence-corrected chi connectivity index (χ2v) is 7.32. The SMILES string of the molecule is Cc1cccc(OCC(=O)Nc2ccc3oc(-c4cc(Cl)ccc4Cl)nc3c2)c1. The number of aromatic nitrogens is 1. The van der Waals surface area contributed by atoms with Gasteiger partial charge in [0.15, 0.2) is 12.2 Å². The summed E-state index contributed by atoms with van der Waals surface area (Å²) in [7, 11) is 0. The van der Waals surface area contributed by atoms with Crippen molar-refractivity contribution in [3.8, 4) is 17.2 Å². The summed E-state index contributed by atoms with van der Waals surface area (Å²) in [6.45, 7) is 1.87. The molecule has 0 atom stereocenters. The predicted molar refractivity (Wildman–Crippen MR) is 115 cm³/mol. The van der Waals surface area contributed by atoms with Crippen molar-refractivity contribution in [1.82, 2.24) is 4.98 Å². The average molecular weight is 427 g/mol. The highest BCUT2D eigenvalue weighted by Gasteiger charge is 2.13. The van der Waals surface area contributed by atoms with Crippen LogP contribution in [0.3, 0.4) is 0 Å². The Morgan fingerprint density at radius 3 is 2.79 bits per heavy atom. The number of nitrogens with one attached hydrogen (secondary N) is 1. The van der Waals surface area contributed by atoms with Gasteiger partial charge < -0.3 is 14.5 Å².